The third-order valence-electron chi connectivity index (χ3n) is 6.27. The van der Waals surface area contributed by atoms with E-state index < -0.39 is 11.7 Å². The Labute approximate surface area is 246 Å². The molecule has 5 rings (SSSR count). The minimum absolute atomic E-state index is 0.0606. The SMILES string of the molecule is CCOc1cn(-c2cnccc2CO)nc1C(=O)Nc1ccc(Oc2ccnc3cc(OC(C)C)c(OC)cc23)cc1F. The number of aliphatic hydroxyl groups is 1. The van der Waals surface area contributed by atoms with Gasteiger partial charge in [0.15, 0.2) is 22.9 Å². The molecule has 12 heteroatoms. The lowest BCUT2D eigenvalue weighted by Gasteiger charge is -2.16. The highest BCUT2D eigenvalue weighted by molar-refractivity contribution is 6.04. The van der Waals surface area contributed by atoms with Crippen molar-refractivity contribution in [2.75, 3.05) is 19.0 Å². The number of aliphatic hydroxyl groups excluding tert-OH is 1. The van der Waals surface area contributed by atoms with Crippen LogP contribution < -0.4 is 24.3 Å². The third kappa shape index (κ3) is 6.33. The maximum absolute atomic E-state index is 15.2. The minimum atomic E-state index is -0.721. The van der Waals surface area contributed by atoms with E-state index in [4.69, 9.17) is 18.9 Å². The molecule has 2 aromatic carbocycles. The first-order valence-electron chi connectivity index (χ1n) is 13.5. The number of amides is 1. The third-order valence-corrected chi connectivity index (χ3v) is 6.27. The van der Waals surface area contributed by atoms with Gasteiger partial charge in [-0.1, -0.05) is 0 Å². The summed E-state index contributed by atoms with van der Waals surface area (Å²) < 4.78 is 39.5. The van der Waals surface area contributed by atoms with E-state index in [-0.39, 0.29) is 42.2 Å². The van der Waals surface area contributed by atoms with Crippen LogP contribution in [0.25, 0.3) is 16.6 Å². The topological polar surface area (TPSA) is 130 Å². The van der Waals surface area contributed by atoms with Crippen molar-refractivity contribution in [1.82, 2.24) is 19.7 Å². The molecule has 0 atom stereocenters. The van der Waals surface area contributed by atoms with Gasteiger partial charge in [-0.25, -0.2) is 9.07 Å². The van der Waals surface area contributed by atoms with Crippen LogP contribution in [0.1, 0.15) is 36.8 Å². The summed E-state index contributed by atoms with van der Waals surface area (Å²) in [5, 5.41) is 17.2. The molecule has 0 aliphatic heterocycles. The smallest absolute Gasteiger partial charge is 0.280 e. The summed E-state index contributed by atoms with van der Waals surface area (Å²) in [6, 6.07) is 10.9. The van der Waals surface area contributed by atoms with E-state index in [2.05, 4.69) is 20.4 Å². The summed E-state index contributed by atoms with van der Waals surface area (Å²) in [6.45, 7) is 5.61. The largest absolute Gasteiger partial charge is 0.493 e. The summed E-state index contributed by atoms with van der Waals surface area (Å²) in [7, 11) is 1.54. The van der Waals surface area contributed by atoms with Gasteiger partial charge in [-0.2, -0.15) is 5.10 Å². The Kier molecular flexibility index (Phi) is 8.67. The van der Waals surface area contributed by atoms with Gasteiger partial charge in [0.1, 0.15) is 17.3 Å². The molecule has 3 heterocycles. The van der Waals surface area contributed by atoms with E-state index >= 15 is 4.39 Å². The molecule has 0 unspecified atom stereocenters. The highest BCUT2D eigenvalue weighted by atomic mass is 19.1. The number of aromatic nitrogens is 4. The van der Waals surface area contributed by atoms with Crippen LogP contribution in [0.5, 0.6) is 28.7 Å². The number of benzene rings is 2. The number of halogens is 1. The van der Waals surface area contributed by atoms with Gasteiger partial charge in [0.05, 0.1) is 55.7 Å². The zero-order chi connectivity index (χ0) is 30.5. The van der Waals surface area contributed by atoms with Crippen molar-refractivity contribution in [1.29, 1.82) is 0 Å². The van der Waals surface area contributed by atoms with Crippen LogP contribution in [-0.4, -0.2) is 50.6 Å². The molecule has 3 aromatic heterocycles. The quantitative estimate of drug-likeness (QED) is 0.200. The van der Waals surface area contributed by atoms with Crippen LogP contribution in [0.3, 0.4) is 0 Å². The Morgan fingerprint density at radius 3 is 2.63 bits per heavy atom. The second kappa shape index (κ2) is 12.7. The van der Waals surface area contributed by atoms with Crippen molar-refractivity contribution in [3.63, 3.8) is 0 Å². The molecule has 0 aliphatic carbocycles. The number of carbonyl (C=O) groups excluding carboxylic acids is 1. The molecule has 0 aliphatic rings. The van der Waals surface area contributed by atoms with Crippen LogP contribution >= 0.6 is 0 Å². The Morgan fingerprint density at radius 1 is 1.07 bits per heavy atom. The zero-order valence-electron chi connectivity index (χ0n) is 24.0. The Hall–Kier alpha value is -5.23. The van der Waals surface area contributed by atoms with Gasteiger partial charge in [0, 0.05) is 35.5 Å². The van der Waals surface area contributed by atoms with E-state index in [1.807, 2.05) is 13.8 Å². The average molecular weight is 588 g/mol. The molecule has 0 fully saturated rings. The Morgan fingerprint density at radius 2 is 1.91 bits per heavy atom. The lowest BCUT2D eigenvalue weighted by molar-refractivity contribution is 0.101. The number of pyridine rings is 2. The van der Waals surface area contributed by atoms with E-state index in [1.165, 1.54) is 35.3 Å². The molecule has 11 nitrogen and oxygen atoms in total. The predicted molar refractivity (Wildman–Crippen MR) is 157 cm³/mol. The molecule has 0 spiro atoms. The number of carbonyl (C=O) groups is 1. The minimum Gasteiger partial charge on any atom is -0.493 e. The predicted octanol–water partition coefficient (Wildman–Crippen LogP) is 5.69. The molecular formula is C31H30FN5O6. The van der Waals surface area contributed by atoms with Crippen molar-refractivity contribution in [2.45, 2.75) is 33.5 Å². The molecule has 5 aromatic rings. The van der Waals surface area contributed by atoms with E-state index in [9.17, 15) is 9.90 Å². The number of nitrogens with one attached hydrogen (secondary N) is 1. The molecule has 0 saturated heterocycles. The maximum atomic E-state index is 15.2. The number of fused-ring (bicyclic) bond motifs is 1. The highest BCUT2D eigenvalue weighted by Gasteiger charge is 2.22. The van der Waals surface area contributed by atoms with Gasteiger partial charge >= 0.3 is 0 Å². The number of ether oxygens (including phenoxy) is 4. The number of rotatable bonds is 11. The van der Waals surface area contributed by atoms with Crippen LogP contribution in [0.15, 0.2) is 67.3 Å². The van der Waals surface area contributed by atoms with Gasteiger partial charge in [-0.15, -0.1) is 0 Å². The highest BCUT2D eigenvalue weighted by Crippen LogP contribution is 2.38. The van der Waals surface area contributed by atoms with Crippen LogP contribution in [-0.2, 0) is 6.61 Å². The number of methoxy groups -OCH3 is 1. The maximum Gasteiger partial charge on any atom is 0.280 e. The van der Waals surface area contributed by atoms with Crippen LogP contribution in [0, 0.1) is 5.82 Å². The standard InChI is InChI=1S/C31H30FN5O6/c1-5-41-29-16-37(25-15-33-10-8-19(25)17-38)36-30(29)31(39)35-23-7-6-20(12-22(23)32)43-26-9-11-34-24-14-28(42-18(2)3)27(40-4)13-21(24)26/h6-16,18,38H,5,17H2,1-4H3,(H,35,39). The fraction of sp³-hybridized carbons (Fsp3) is 0.226. The fourth-order valence-corrected chi connectivity index (χ4v) is 4.35. The van der Waals surface area contributed by atoms with Crippen molar-refractivity contribution in [3.8, 4) is 34.4 Å². The van der Waals surface area contributed by atoms with E-state index in [1.54, 1.807) is 50.7 Å². The number of hydrogen-bond acceptors (Lipinski definition) is 9. The van der Waals surface area contributed by atoms with Gasteiger partial charge < -0.3 is 29.4 Å². The van der Waals surface area contributed by atoms with Crippen molar-refractivity contribution in [2.24, 2.45) is 0 Å². The number of hydrogen-bond donors (Lipinski definition) is 2. The van der Waals surface area contributed by atoms with E-state index in [0.717, 1.165) is 0 Å². The lowest BCUT2D eigenvalue weighted by atomic mass is 10.1. The van der Waals surface area contributed by atoms with Gasteiger partial charge in [0.2, 0.25) is 0 Å². The average Bonchev–Trinajstić information content (AvgIpc) is 3.42. The van der Waals surface area contributed by atoms with Gasteiger partial charge in [0.25, 0.3) is 5.91 Å². The van der Waals surface area contributed by atoms with Crippen LogP contribution in [0.4, 0.5) is 10.1 Å². The molecule has 0 saturated carbocycles. The molecule has 0 bridgehead atoms. The number of anilines is 1. The molecule has 0 radical (unpaired) electrons. The molecule has 1 amide bonds. The fourth-order valence-electron chi connectivity index (χ4n) is 4.35. The molecule has 43 heavy (non-hydrogen) atoms. The normalized spacial score (nSPS) is 11.0. The summed E-state index contributed by atoms with van der Waals surface area (Å²) >= 11 is 0. The summed E-state index contributed by atoms with van der Waals surface area (Å²) in [5.74, 6) is 0.477. The first-order chi connectivity index (χ1) is 20.8. The Balaban J connectivity index is 1.38. The zero-order valence-corrected chi connectivity index (χ0v) is 24.0. The monoisotopic (exact) mass is 587 g/mol. The van der Waals surface area contributed by atoms with Crippen LogP contribution in [0.2, 0.25) is 0 Å². The van der Waals surface area contributed by atoms with Crippen molar-refractivity contribution >= 4 is 22.5 Å². The first kappa shape index (κ1) is 29.3. The molecular weight excluding hydrogens is 557 g/mol. The van der Waals surface area contributed by atoms with Gasteiger partial charge in [-0.3, -0.25) is 14.8 Å². The second-order valence-corrected chi connectivity index (χ2v) is 9.58. The second-order valence-electron chi connectivity index (χ2n) is 9.58. The van der Waals surface area contributed by atoms with Crippen molar-refractivity contribution < 1.29 is 33.2 Å². The summed E-state index contributed by atoms with van der Waals surface area (Å²) in [5.41, 5.74) is 1.50. The molecule has 2 N–H and O–H groups in total. The first-order valence-corrected chi connectivity index (χ1v) is 13.5. The summed E-state index contributed by atoms with van der Waals surface area (Å²) in [6.07, 6.45) is 6.08. The summed E-state index contributed by atoms with van der Waals surface area (Å²) in [4.78, 5) is 21.6. The molecule has 222 valence electrons. The number of nitrogens with zero attached hydrogens (tertiary/aromatic N) is 4. The Bertz CT molecular complexity index is 1770. The van der Waals surface area contributed by atoms with E-state index in [0.29, 0.717) is 39.4 Å². The van der Waals surface area contributed by atoms with Crippen molar-refractivity contribution in [3.05, 3.63) is 84.3 Å². The van der Waals surface area contributed by atoms with Gasteiger partial charge in [-0.05, 0) is 51.1 Å². The lowest BCUT2D eigenvalue weighted by Crippen LogP contribution is -2.15.